The molecule has 0 bridgehead atoms. The molecule has 0 aliphatic carbocycles. The lowest BCUT2D eigenvalue weighted by Crippen LogP contribution is -2.45. The molecule has 1 aromatic rings. The van der Waals surface area contributed by atoms with Crippen LogP contribution in [0.15, 0.2) is 24.3 Å². The van der Waals surface area contributed by atoms with Crippen LogP contribution in [-0.4, -0.2) is 41.7 Å². The minimum atomic E-state index is -4.70. The second-order valence-electron chi connectivity index (χ2n) is 4.54. The first-order chi connectivity index (χ1) is 10.4. The van der Waals surface area contributed by atoms with Crippen molar-refractivity contribution in [1.82, 2.24) is 5.32 Å². The van der Waals surface area contributed by atoms with E-state index in [0.717, 1.165) is 18.2 Å². The fourth-order valence-electron chi connectivity index (χ4n) is 1.75. The van der Waals surface area contributed by atoms with Crippen LogP contribution in [0.2, 0.25) is 0 Å². The maximum absolute atomic E-state index is 12.8. The summed E-state index contributed by atoms with van der Waals surface area (Å²) in [5.41, 5.74) is -1.45. The van der Waals surface area contributed by atoms with E-state index in [9.17, 15) is 31.2 Å². The van der Waals surface area contributed by atoms with Crippen LogP contribution in [0.25, 0.3) is 0 Å². The lowest BCUT2D eigenvalue weighted by Gasteiger charge is -2.15. The van der Waals surface area contributed by atoms with Gasteiger partial charge >= 0.3 is 12.1 Å². The molecule has 128 valence electrons. The molecular formula is C12H12F3NO6S. The molecule has 1 unspecified atom stereocenters. The largest absolute Gasteiger partial charge is 0.480 e. The van der Waals surface area contributed by atoms with Gasteiger partial charge in [0.1, 0.15) is 11.8 Å². The van der Waals surface area contributed by atoms with Crippen LogP contribution in [0.5, 0.6) is 0 Å². The molecular weight excluding hydrogens is 343 g/mol. The second kappa shape index (κ2) is 6.96. The topological polar surface area (TPSA) is 121 Å². The van der Waals surface area contributed by atoms with Gasteiger partial charge in [0, 0.05) is 0 Å². The number of carboxylic acid groups (broad SMARTS) is 1. The first-order valence-electron chi connectivity index (χ1n) is 6.02. The number of halogens is 3. The highest BCUT2D eigenvalue weighted by molar-refractivity contribution is 7.85. The maximum Gasteiger partial charge on any atom is 0.416 e. The molecule has 3 N–H and O–H groups in total. The Hall–Kier alpha value is -2.14. The fourth-order valence-corrected chi connectivity index (χ4v) is 2.40. The standard InChI is InChI=1S/C12H12F3NO6S/c13-12(14,15)8-4-2-1-3-7(8)5-10(17)16-9(11(18)19)6-23(20,21)22/h1-4,9H,5-6H2,(H,16,17)(H,18,19)(H,20,21,22). The Morgan fingerprint density at radius 3 is 2.26 bits per heavy atom. The molecule has 0 radical (unpaired) electrons. The Labute approximate surface area is 128 Å². The highest BCUT2D eigenvalue weighted by Gasteiger charge is 2.33. The van der Waals surface area contributed by atoms with Crippen molar-refractivity contribution in [3.05, 3.63) is 35.4 Å². The quantitative estimate of drug-likeness (QED) is 0.646. The first kappa shape index (κ1) is 18.9. The van der Waals surface area contributed by atoms with E-state index in [1.54, 1.807) is 5.32 Å². The molecule has 23 heavy (non-hydrogen) atoms. The second-order valence-corrected chi connectivity index (χ2v) is 6.04. The van der Waals surface area contributed by atoms with Gasteiger partial charge in [0.15, 0.2) is 0 Å². The van der Waals surface area contributed by atoms with E-state index in [0.29, 0.717) is 0 Å². The maximum atomic E-state index is 12.8. The summed E-state index contributed by atoms with van der Waals surface area (Å²) in [5.74, 6) is -4.17. The van der Waals surface area contributed by atoms with Gasteiger partial charge in [-0.3, -0.25) is 9.35 Å². The molecule has 0 heterocycles. The highest BCUT2D eigenvalue weighted by atomic mass is 32.2. The third-order valence-electron chi connectivity index (χ3n) is 2.68. The van der Waals surface area contributed by atoms with E-state index >= 15 is 0 Å². The van der Waals surface area contributed by atoms with E-state index in [-0.39, 0.29) is 0 Å². The molecule has 0 aliphatic rings. The lowest BCUT2D eigenvalue weighted by molar-refractivity contribution is -0.141. The summed E-state index contributed by atoms with van der Waals surface area (Å²) >= 11 is 0. The van der Waals surface area contributed by atoms with Gasteiger partial charge in [0.25, 0.3) is 10.1 Å². The number of aliphatic carboxylic acids is 1. The number of carbonyl (C=O) groups is 2. The van der Waals surface area contributed by atoms with Gasteiger partial charge in [-0.2, -0.15) is 21.6 Å². The fraction of sp³-hybridized carbons (Fsp3) is 0.333. The lowest BCUT2D eigenvalue weighted by atomic mass is 10.0. The SMILES string of the molecule is O=C(Cc1ccccc1C(F)(F)F)NC(CS(=O)(=O)O)C(=O)O. The van der Waals surface area contributed by atoms with Crippen molar-refractivity contribution in [1.29, 1.82) is 0 Å². The smallest absolute Gasteiger partial charge is 0.416 e. The summed E-state index contributed by atoms with van der Waals surface area (Å²) in [6.07, 6.45) is -5.50. The third kappa shape index (κ3) is 6.24. The zero-order chi connectivity index (χ0) is 17.8. The first-order valence-corrected chi connectivity index (χ1v) is 7.63. The van der Waals surface area contributed by atoms with E-state index in [1.807, 2.05) is 0 Å². The number of amides is 1. The van der Waals surface area contributed by atoms with Crippen LogP contribution < -0.4 is 5.32 Å². The Bertz CT molecular complexity index is 701. The number of rotatable bonds is 6. The molecule has 1 amide bonds. The summed E-state index contributed by atoms with van der Waals surface area (Å²) in [6, 6.07) is 2.22. The Morgan fingerprint density at radius 2 is 1.78 bits per heavy atom. The van der Waals surface area contributed by atoms with Gasteiger partial charge < -0.3 is 10.4 Å². The van der Waals surface area contributed by atoms with Crippen molar-refractivity contribution in [3.63, 3.8) is 0 Å². The van der Waals surface area contributed by atoms with E-state index < -0.39 is 57.5 Å². The molecule has 7 nitrogen and oxygen atoms in total. The van der Waals surface area contributed by atoms with E-state index in [4.69, 9.17) is 9.66 Å². The minimum Gasteiger partial charge on any atom is -0.480 e. The molecule has 0 saturated heterocycles. The summed E-state index contributed by atoms with van der Waals surface area (Å²) in [4.78, 5) is 22.5. The number of benzene rings is 1. The zero-order valence-corrected chi connectivity index (χ0v) is 12.2. The summed E-state index contributed by atoms with van der Waals surface area (Å²) < 4.78 is 68.2. The van der Waals surface area contributed by atoms with Gasteiger partial charge in [-0.25, -0.2) is 4.79 Å². The van der Waals surface area contributed by atoms with Crippen molar-refractivity contribution >= 4 is 22.0 Å². The van der Waals surface area contributed by atoms with Gasteiger partial charge in [0.05, 0.1) is 12.0 Å². The van der Waals surface area contributed by atoms with Crippen LogP contribution in [0.4, 0.5) is 13.2 Å². The highest BCUT2D eigenvalue weighted by Crippen LogP contribution is 2.31. The van der Waals surface area contributed by atoms with Crippen LogP contribution >= 0.6 is 0 Å². The summed E-state index contributed by atoms with van der Waals surface area (Å²) in [6.45, 7) is 0. The van der Waals surface area contributed by atoms with Crippen molar-refractivity contribution in [2.24, 2.45) is 0 Å². The average molecular weight is 355 g/mol. The monoisotopic (exact) mass is 355 g/mol. The van der Waals surface area contributed by atoms with Crippen molar-refractivity contribution in [2.45, 2.75) is 18.6 Å². The van der Waals surface area contributed by atoms with Crippen molar-refractivity contribution in [3.8, 4) is 0 Å². The molecule has 1 aromatic carbocycles. The van der Waals surface area contributed by atoms with Crippen molar-refractivity contribution in [2.75, 3.05) is 5.75 Å². The molecule has 0 fully saturated rings. The summed E-state index contributed by atoms with van der Waals surface area (Å²) in [7, 11) is -4.69. The molecule has 1 atom stereocenters. The third-order valence-corrected chi connectivity index (χ3v) is 3.44. The number of alkyl halides is 3. The average Bonchev–Trinajstić information content (AvgIpc) is 2.35. The summed E-state index contributed by atoms with van der Waals surface area (Å²) in [5, 5.41) is 10.5. The van der Waals surface area contributed by atoms with E-state index in [1.165, 1.54) is 6.07 Å². The normalized spacial score (nSPS) is 13.4. The van der Waals surface area contributed by atoms with Crippen molar-refractivity contribution < 1.29 is 40.8 Å². The Morgan fingerprint density at radius 1 is 1.22 bits per heavy atom. The van der Waals surface area contributed by atoms with Crippen LogP contribution in [0.3, 0.4) is 0 Å². The van der Waals surface area contributed by atoms with Gasteiger partial charge in [-0.05, 0) is 11.6 Å². The molecule has 1 rings (SSSR count). The molecule has 0 saturated carbocycles. The number of hydrogen-bond acceptors (Lipinski definition) is 4. The Balaban J connectivity index is 2.90. The van der Waals surface area contributed by atoms with Gasteiger partial charge in [-0.1, -0.05) is 18.2 Å². The predicted molar refractivity (Wildman–Crippen MR) is 71.1 cm³/mol. The predicted octanol–water partition coefficient (Wildman–Crippen LogP) is 0.705. The minimum absolute atomic E-state index is 0.395. The molecule has 11 heteroatoms. The molecule has 0 aliphatic heterocycles. The zero-order valence-electron chi connectivity index (χ0n) is 11.4. The van der Waals surface area contributed by atoms with Crippen LogP contribution in [-0.2, 0) is 32.3 Å². The Kier molecular flexibility index (Phi) is 5.72. The van der Waals surface area contributed by atoms with Crippen LogP contribution in [0.1, 0.15) is 11.1 Å². The van der Waals surface area contributed by atoms with Crippen LogP contribution in [0, 0.1) is 0 Å². The number of carboxylic acids is 1. The number of nitrogens with one attached hydrogen (secondary N) is 1. The molecule has 0 aromatic heterocycles. The molecule has 0 spiro atoms. The number of hydrogen-bond donors (Lipinski definition) is 3. The van der Waals surface area contributed by atoms with Gasteiger partial charge in [-0.15, -0.1) is 0 Å². The van der Waals surface area contributed by atoms with Gasteiger partial charge in [0.2, 0.25) is 5.91 Å². The van der Waals surface area contributed by atoms with E-state index in [2.05, 4.69) is 0 Å². The number of carbonyl (C=O) groups excluding carboxylic acids is 1.